The van der Waals surface area contributed by atoms with Gasteiger partial charge in [-0.15, -0.1) is 11.8 Å². The van der Waals surface area contributed by atoms with E-state index in [0.29, 0.717) is 18.0 Å². The first-order valence-electron chi connectivity index (χ1n) is 6.49. The smallest absolute Gasteiger partial charge is 0.292 e. The van der Waals surface area contributed by atoms with Gasteiger partial charge in [0, 0.05) is 23.3 Å². The van der Waals surface area contributed by atoms with Crippen LogP contribution in [0.2, 0.25) is 0 Å². The molecule has 1 N–H and O–H groups in total. The van der Waals surface area contributed by atoms with E-state index >= 15 is 0 Å². The molecule has 0 aromatic heterocycles. The molecule has 0 aliphatic rings. The van der Waals surface area contributed by atoms with Crippen molar-refractivity contribution in [2.24, 2.45) is 0 Å². The van der Waals surface area contributed by atoms with Crippen molar-refractivity contribution >= 4 is 23.1 Å². The minimum Gasteiger partial charge on any atom is -0.380 e. The second-order valence-corrected chi connectivity index (χ2v) is 5.43. The first-order valence-corrected chi connectivity index (χ1v) is 7.48. The molecule has 2 aromatic rings. The number of hydrogen-bond donors (Lipinski definition) is 1. The van der Waals surface area contributed by atoms with Crippen LogP contribution in [0.5, 0.6) is 0 Å². The first kappa shape index (κ1) is 15.3. The van der Waals surface area contributed by atoms with Crippen LogP contribution >= 0.6 is 11.8 Å². The van der Waals surface area contributed by atoms with E-state index in [0.717, 1.165) is 10.5 Å². The molecule has 0 radical (unpaired) electrons. The van der Waals surface area contributed by atoms with Gasteiger partial charge in [-0.25, -0.2) is 4.39 Å². The van der Waals surface area contributed by atoms with E-state index in [1.807, 2.05) is 6.92 Å². The van der Waals surface area contributed by atoms with Crippen LogP contribution in [0.15, 0.2) is 47.4 Å². The quantitative estimate of drug-likeness (QED) is 0.486. The third kappa shape index (κ3) is 4.19. The Kier molecular flexibility index (Phi) is 5.16. The van der Waals surface area contributed by atoms with Gasteiger partial charge in [0.25, 0.3) is 5.69 Å². The molecule has 0 heterocycles. The van der Waals surface area contributed by atoms with Crippen LogP contribution in [0.1, 0.15) is 12.5 Å². The Balaban J connectivity index is 2.11. The first-order chi connectivity index (χ1) is 10.1. The lowest BCUT2D eigenvalue weighted by Gasteiger charge is -2.07. The van der Waals surface area contributed by atoms with Gasteiger partial charge in [0.2, 0.25) is 0 Å². The standard InChI is InChI=1S/C15H15FN2O2S/c1-2-17-14-9-11(3-8-15(14)18(19)20)10-21-13-6-4-12(16)5-7-13/h3-9,17H,2,10H2,1H3. The lowest BCUT2D eigenvalue weighted by Crippen LogP contribution is -2.01. The van der Waals surface area contributed by atoms with Gasteiger partial charge in [0.1, 0.15) is 11.5 Å². The fourth-order valence-corrected chi connectivity index (χ4v) is 2.70. The molecule has 0 amide bonds. The van der Waals surface area contributed by atoms with Crippen molar-refractivity contribution in [1.82, 2.24) is 0 Å². The summed E-state index contributed by atoms with van der Waals surface area (Å²) in [6, 6.07) is 11.3. The largest absolute Gasteiger partial charge is 0.380 e. The molecule has 0 spiro atoms. The third-order valence-corrected chi connectivity index (χ3v) is 3.93. The Bertz CT molecular complexity index is 632. The SMILES string of the molecule is CCNc1cc(CSc2ccc(F)cc2)ccc1[N+](=O)[O-]. The van der Waals surface area contributed by atoms with E-state index in [9.17, 15) is 14.5 Å². The Morgan fingerprint density at radius 3 is 2.57 bits per heavy atom. The highest BCUT2D eigenvalue weighted by atomic mass is 32.2. The van der Waals surface area contributed by atoms with Gasteiger partial charge in [-0.05, 0) is 42.8 Å². The van der Waals surface area contributed by atoms with Crippen LogP contribution in [0.3, 0.4) is 0 Å². The van der Waals surface area contributed by atoms with E-state index < -0.39 is 4.92 Å². The van der Waals surface area contributed by atoms with Crippen LogP contribution in [-0.4, -0.2) is 11.5 Å². The average molecular weight is 306 g/mol. The zero-order chi connectivity index (χ0) is 15.2. The van der Waals surface area contributed by atoms with E-state index in [4.69, 9.17) is 0 Å². The Morgan fingerprint density at radius 2 is 1.95 bits per heavy atom. The molecule has 4 nitrogen and oxygen atoms in total. The van der Waals surface area contributed by atoms with Crippen LogP contribution < -0.4 is 5.32 Å². The molecule has 0 saturated heterocycles. The number of thioether (sulfide) groups is 1. The molecule has 0 atom stereocenters. The number of nitro benzene ring substituents is 1. The van der Waals surface area contributed by atoms with E-state index in [1.165, 1.54) is 18.2 Å². The molecular formula is C15H15FN2O2S. The molecule has 2 aromatic carbocycles. The summed E-state index contributed by atoms with van der Waals surface area (Å²) in [6.07, 6.45) is 0. The van der Waals surface area contributed by atoms with Crippen LogP contribution in [-0.2, 0) is 5.75 Å². The second kappa shape index (κ2) is 7.08. The normalized spacial score (nSPS) is 10.4. The molecule has 0 saturated carbocycles. The van der Waals surface area contributed by atoms with Gasteiger partial charge in [-0.1, -0.05) is 6.07 Å². The van der Waals surface area contributed by atoms with E-state index in [1.54, 1.807) is 36.0 Å². The third-order valence-electron chi connectivity index (χ3n) is 2.84. The van der Waals surface area contributed by atoms with E-state index in [-0.39, 0.29) is 11.5 Å². The zero-order valence-electron chi connectivity index (χ0n) is 11.5. The van der Waals surface area contributed by atoms with Crippen molar-refractivity contribution in [2.45, 2.75) is 17.6 Å². The van der Waals surface area contributed by atoms with Gasteiger partial charge in [-0.3, -0.25) is 10.1 Å². The average Bonchev–Trinajstić information content (AvgIpc) is 2.47. The fourth-order valence-electron chi connectivity index (χ4n) is 1.86. The molecule has 2 rings (SSSR count). The lowest BCUT2D eigenvalue weighted by atomic mass is 10.2. The molecule has 0 fully saturated rings. The molecule has 6 heteroatoms. The van der Waals surface area contributed by atoms with Gasteiger partial charge in [0.05, 0.1) is 4.92 Å². The van der Waals surface area contributed by atoms with Crippen LogP contribution in [0.4, 0.5) is 15.8 Å². The number of nitrogens with zero attached hydrogens (tertiary/aromatic N) is 1. The molecule has 21 heavy (non-hydrogen) atoms. The highest BCUT2D eigenvalue weighted by Crippen LogP contribution is 2.29. The summed E-state index contributed by atoms with van der Waals surface area (Å²) in [4.78, 5) is 11.5. The van der Waals surface area contributed by atoms with Crippen LogP contribution in [0.25, 0.3) is 0 Å². The number of rotatable bonds is 6. The number of benzene rings is 2. The number of hydrogen-bond acceptors (Lipinski definition) is 4. The maximum atomic E-state index is 12.8. The van der Waals surface area contributed by atoms with Gasteiger partial charge in [0.15, 0.2) is 0 Å². The Morgan fingerprint density at radius 1 is 1.24 bits per heavy atom. The van der Waals surface area contributed by atoms with Crippen molar-refractivity contribution in [3.05, 3.63) is 64.0 Å². The van der Waals surface area contributed by atoms with Crippen molar-refractivity contribution in [3.8, 4) is 0 Å². The number of nitro groups is 1. The number of anilines is 1. The summed E-state index contributed by atoms with van der Waals surface area (Å²) in [6.45, 7) is 2.51. The lowest BCUT2D eigenvalue weighted by molar-refractivity contribution is -0.384. The van der Waals surface area contributed by atoms with Crippen molar-refractivity contribution in [3.63, 3.8) is 0 Å². The summed E-state index contributed by atoms with van der Waals surface area (Å²) in [5.74, 6) is 0.409. The molecule has 0 aliphatic carbocycles. The summed E-state index contributed by atoms with van der Waals surface area (Å²) in [5, 5.41) is 13.9. The van der Waals surface area contributed by atoms with Gasteiger partial charge < -0.3 is 5.32 Å². The monoisotopic (exact) mass is 306 g/mol. The molecule has 0 unspecified atom stereocenters. The highest BCUT2D eigenvalue weighted by Gasteiger charge is 2.13. The predicted octanol–water partition coefficient (Wildman–Crippen LogP) is 4.46. The molecular weight excluding hydrogens is 291 g/mol. The van der Waals surface area contributed by atoms with Gasteiger partial charge in [-0.2, -0.15) is 0 Å². The summed E-state index contributed by atoms with van der Waals surface area (Å²) in [5.41, 5.74) is 1.58. The summed E-state index contributed by atoms with van der Waals surface area (Å²) in [7, 11) is 0. The molecule has 0 bridgehead atoms. The van der Waals surface area contributed by atoms with Gasteiger partial charge >= 0.3 is 0 Å². The highest BCUT2D eigenvalue weighted by molar-refractivity contribution is 7.98. The second-order valence-electron chi connectivity index (χ2n) is 4.38. The number of halogens is 1. The number of nitrogens with one attached hydrogen (secondary N) is 1. The zero-order valence-corrected chi connectivity index (χ0v) is 12.3. The van der Waals surface area contributed by atoms with Crippen molar-refractivity contribution in [2.75, 3.05) is 11.9 Å². The maximum absolute atomic E-state index is 12.8. The minimum atomic E-state index is -0.394. The molecule has 110 valence electrons. The minimum absolute atomic E-state index is 0.0763. The van der Waals surface area contributed by atoms with Crippen molar-refractivity contribution < 1.29 is 9.31 Å². The summed E-state index contributed by atoms with van der Waals surface area (Å²) < 4.78 is 12.8. The molecule has 0 aliphatic heterocycles. The Labute approximate surface area is 126 Å². The van der Waals surface area contributed by atoms with Crippen LogP contribution in [0, 0.1) is 15.9 Å². The fraction of sp³-hybridized carbons (Fsp3) is 0.200. The van der Waals surface area contributed by atoms with E-state index in [2.05, 4.69) is 5.32 Å². The topological polar surface area (TPSA) is 55.2 Å². The predicted molar refractivity (Wildman–Crippen MR) is 83.2 cm³/mol. The maximum Gasteiger partial charge on any atom is 0.292 e. The van der Waals surface area contributed by atoms with Crippen molar-refractivity contribution in [1.29, 1.82) is 0 Å². The Hall–Kier alpha value is -2.08. The summed E-state index contributed by atoms with van der Waals surface area (Å²) >= 11 is 1.56.